The minimum atomic E-state index is 0.119. The van der Waals surface area contributed by atoms with Crippen molar-refractivity contribution in [2.45, 2.75) is 26.3 Å². The number of aliphatic hydroxyl groups excluding tert-OH is 1. The van der Waals surface area contributed by atoms with Crippen LogP contribution >= 0.6 is 0 Å². The van der Waals surface area contributed by atoms with E-state index in [0.29, 0.717) is 5.92 Å². The maximum atomic E-state index is 9.20. The van der Waals surface area contributed by atoms with Gasteiger partial charge in [0.25, 0.3) is 0 Å². The Kier molecular flexibility index (Phi) is 4.43. The third kappa shape index (κ3) is 4.21. The average Bonchev–Trinajstić information content (AvgIpc) is 2.19. The van der Waals surface area contributed by atoms with Gasteiger partial charge in [-0.15, -0.1) is 0 Å². The van der Waals surface area contributed by atoms with Crippen LogP contribution in [0.5, 0.6) is 0 Å². The van der Waals surface area contributed by atoms with Crippen molar-refractivity contribution < 1.29 is 5.11 Å². The Labute approximate surface area is 91.3 Å². The number of hydrogen-bond donors (Lipinski definition) is 3. The van der Waals surface area contributed by atoms with Crippen molar-refractivity contribution in [1.29, 1.82) is 0 Å². The van der Waals surface area contributed by atoms with Gasteiger partial charge in [-0.05, 0) is 36.6 Å². The summed E-state index contributed by atoms with van der Waals surface area (Å²) < 4.78 is 0. The normalized spacial score (nSPS) is 12.8. The molecule has 1 unspecified atom stereocenters. The van der Waals surface area contributed by atoms with Crippen LogP contribution in [-0.4, -0.2) is 17.8 Å². The third-order valence-corrected chi connectivity index (χ3v) is 2.26. The molecule has 0 bridgehead atoms. The first-order valence-corrected chi connectivity index (χ1v) is 5.34. The number of nitrogen functional groups attached to an aromatic ring is 1. The Balaban J connectivity index is 2.54. The topological polar surface area (TPSA) is 58.3 Å². The molecule has 0 saturated carbocycles. The minimum absolute atomic E-state index is 0.119. The summed E-state index contributed by atoms with van der Waals surface area (Å²) in [6, 6.07) is 7.68. The van der Waals surface area contributed by atoms with Crippen LogP contribution in [0, 0.1) is 5.92 Å². The van der Waals surface area contributed by atoms with Crippen molar-refractivity contribution >= 4 is 11.4 Å². The van der Waals surface area contributed by atoms with E-state index in [1.165, 1.54) is 0 Å². The van der Waals surface area contributed by atoms with E-state index in [1.54, 1.807) is 0 Å². The summed E-state index contributed by atoms with van der Waals surface area (Å²) in [6.45, 7) is 4.45. The van der Waals surface area contributed by atoms with Crippen LogP contribution in [0.15, 0.2) is 24.3 Å². The molecule has 0 aromatic heterocycles. The molecular weight excluding hydrogens is 188 g/mol. The zero-order valence-electron chi connectivity index (χ0n) is 9.40. The van der Waals surface area contributed by atoms with Gasteiger partial charge in [0.2, 0.25) is 0 Å². The SMILES string of the molecule is CC(C)CC(CO)Nc1ccc(N)cc1. The van der Waals surface area contributed by atoms with Gasteiger partial charge in [0.05, 0.1) is 6.61 Å². The van der Waals surface area contributed by atoms with E-state index < -0.39 is 0 Å². The molecule has 0 aliphatic heterocycles. The van der Waals surface area contributed by atoms with E-state index in [1.807, 2.05) is 24.3 Å². The molecule has 3 nitrogen and oxygen atoms in total. The number of rotatable bonds is 5. The molecule has 0 saturated heterocycles. The van der Waals surface area contributed by atoms with Gasteiger partial charge < -0.3 is 16.2 Å². The van der Waals surface area contributed by atoms with Crippen LogP contribution in [0.1, 0.15) is 20.3 Å². The summed E-state index contributed by atoms with van der Waals surface area (Å²) in [5.41, 5.74) is 7.35. The Morgan fingerprint density at radius 2 is 1.87 bits per heavy atom. The second-order valence-electron chi connectivity index (χ2n) is 4.28. The number of aliphatic hydroxyl groups is 1. The highest BCUT2D eigenvalue weighted by atomic mass is 16.3. The maximum Gasteiger partial charge on any atom is 0.0632 e. The first-order valence-electron chi connectivity index (χ1n) is 5.34. The molecule has 1 rings (SSSR count). The fourth-order valence-electron chi connectivity index (χ4n) is 1.56. The van der Waals surface area contributed by atoms with E-state index in [-0.39, 0.29) is 12.6 Å². The van der Waals surface area contributed by atoms with Crippen LogP contribution in [-0.2, 0) is 0 Å². The summed E-state index contributed by atoms with van der Waals surface area (Å²) in [6.07, 6.45) is 0.959. The molecule has 15 heavy (non-hydrogen) atoms. The molecule has 0 heterocycles. The van der Waals surface area contributed by atoms with Gasteiger partial charge in [-0.25, -0.2) is 0 Å². The Bertz CT molecular complexity index is 282. The molecule has 4 N–H and O–H groups in total. The van der Waals surface area contributed by atoms with Crippen molar-refractivity contribution in [2.75, 3.05) is 17.7 Å². The standard InChI is InChI=1S/C12H20N2O/c1-9(2)7-12(8-15)14-11-5-3-10(13)4-6-11/h3-6,9,12,14-15H,7-8,13H2,1-2H3. The van der Waals surface area contributed by atoms with Crippen molar-refractivity contribution in [3.05, 3.63) is 24.3 Å². The number of nitrogens with two attached hydrogens (primary N) is 1. The van der Waals surface area contributed by atoms with Gasteiger partial charge in [-0.2, -0.15) is 0 Å². The van der Waals surface area contributed by atoms with E-state index >= 15 is 0 Å². The minimum Gasteiger partial charge on any atom is -0.399 e. The second-order valence-corrected chi connectivity index (χ2v) is 4.28. The highest BCUT2D eigenvalue weighted by Gasteiger charge is 2.08. The zero-order valence-corrected chi connectivity index (χ0v) is 9.40. The lowest BCUT2D eigenvalue weighted by Gasteiger charge is -2.19. The largest absolute Gasteiger partial charge is 0.399 e. The van der Waals surface area contributed by atoms with E-state index in [0.717, 1.165) is 17.8 Å². The number of nitrogens with one attached hydrogen (secondary N) is 1. The highest BCUT2D eigenvalue weighted by molar-refractivity contribution is 5.51. The molecule has 0 aliphatic carbocycles. The lowest BCUT2D eigenvalue weighted by Crippen LogP contribution is -2.25. The lowest BCUT2D eigenvalue weighted by molar-refractivity contribution is 0.259. The van der Waals surface area contributed by atoms with Crippen molar-refractivity contribution in [3.8, 4) is 0 Å². The lowest BCUT2D eigenvalue weighted by atomic mass is 10.0. The average molecular weight is 208 g/mol. The molecule has 0 fully saturated rings. The van der Waals surface area contributed by atoms with Crippen LogP contribution < -0.4 is 11.1 Å². The van der Waals surface area contributed by atoms with Crippen molar-refractivity contribution in [2.24, 2.45) is 5.92 Å². The molecule has 1 atom stereocenters. The van der Waals surface area contributed by atoms with Crippen LogP contribution in [0.4, 0.5) is 11.4 Å². The quantitative estimate of drug-likeness (QED) is 0.649. The Hall–Kier alpha value is -1.22. The molecule has 0 aliphatic rings. The summed E-state index contributed by atoms with van der Waals surface area (Å²) in [4.78, 5) is 0. The summed E-state index contributed by atoms with van der Waals surface area (Å²) in [5, 5.41) is 12.5. The monoisotopic (exact) mass is 208 g/mol. The maximum absolute atomic E-state index is 9.20. The fourth-order valence-corrected chi connectivity index (χ4v) is 1.56. The van der Waals surface area contributed by atoms with Crippen LogP contribution in [0.25, 0.3) is 0 Å². The molecule has 3 heteroatoms. The van der Waals surface area contributed by atoms with E-state index in [2.05, 4.69) is 19.2 Å². The zero-order chi connectivity index (χ0) is 11.3. The Morgan fingerprint density at radius 1 is 1.27 bits per heavy atom. The first kappa shape index (κ1) is 11.9. The fraction of sp³-hybridized carbons (Fsp3) is 0.500. The second kappa shape index (κ2) is 5.61. The Morgan fingerprint density at radius 3 is 2.33 bits per heavy atom. The summed E-state index contributed by atoms with van der Waals surface area (Å²) in [7, 11) is 0. The van der Waals surface area contributed by atoms with Gasteiger partial charge in [0, 0.05) is 17.4 Å². The molecular formula is C12H20N2O. The third-order valence-electron chi connectivity index (χ3n) is 2.26. The molecule has 0 radical (unpaired) electrons. The molecule has 0 spiro atoms. The molecule has 84 valence electrons. The van der Waals surface area contributed by atoms with E-state index in [4.69, 9.17) is 5.73 Å². The number of hydrogen-bond acceptors (Lipinski definition) is 3. The predicted molar refractivity (Wildman–Crippen MR) is 64.8 cm³/mol. The van der Waals surface area contributed by atoms with E-state index in [9.17, 15) is 5.11 Å². The summed E-state index contributed by atoms with van der Waals surface area (Å²) >= 11 is 0. The summed E-state index contributed by atoms with van der Waals surface area (Å²) in [5.74, 6) is 0.573. The molecule has 0 amide bonds. The smallest absolute Gasteiger partial charge is 0.0632 e. The predicted octanol–water partition coefficient (Wildman–Crippen LogP) is 2.09. The number of anilines is 2. The van der Waals surface area contributed by atoms with Crippen molar-refractivity contribution in [1.82, 2.24) is 0 Å². The van der Waals surface area contributed by atoms with Crippen LogP contribution in [0.3, 0.4) is 0 Å². The van der Waals surface area contributed by atoms with Crippen LogP contribution in [0.2, 0.25) is 0 Å². The van der Waals surface area contributed by atoms with Gasteiger partial charge in [0.1, 0.15) is 0 Å². The molecule has 1 aromatic carbocycles. The van der Waals surface area contributed by atoms with Crippen molar-refractivity contribution in [3.63, 3.8) is 0 Å². The molecule has 1 aromatic rings. The highest BCUT2D eigenvalue weighted by Crippen LogP contribution is 2.14. The van der Waals surface area contributed by atoms with Gasteiger partial charge in [-0.3, -0.25) is 0 Å². The first-order chi connectivity index (χ1) is 7.11. The van der Waals surface area contributed by atoms with Gasteiger partial charge in [-0.1, -0.05) is 13.8 Å². The van der Waals surface area contributed by atoms with Gasteiger partial charge in [0.15, 0.2) is 0 Å². The number of benzene rings is 1. The van der Waals surface area contributed by atoms with Gasteiger partial charge >= 0.3 is 0 Å².